The van der Waals surface area contributed by atoms with Crippen LogP contribution in [0.2, 0.25) is 0 Å². The molecule has 5 heteroatoms. The molecule has 0 spiro atoms. The van der Waals surface area contributed by atoms with Gasteiger partial charge in [-0.2, -0.15) is 0 Å². The third-order valence-corrected chi connectivity index (χ3v) is 4.40. The number of ether oxygens (including phenoxy) is 4. The lowest BCUT2D eigenvalue weighted by molar-refractivity contribution is -0.148. The zero-order valence-corrected chi connectivity index (χ0v) is 16.8. The summed E-state index contributed by atoms with van der Waals surface area (Å²) in [4.78, 5) is 0. The van der Waals surface area contributed by atoms with Crippen LogP contribution in [0.15, 0.2) is 12.2 Å². The number of halogens is 1. The summed E-state index contributed by atoms with van der Waals surface area (Å²) in [5.74, 6) is 0.191. The van der Waals surface area contributed by atoms with Crippen molar-refractivity contribution in [2.75, 3.05) is 18.3 Å². The fourth-order valence-corrected chi connectivity index (χ4v) is 3.26. The molecule has 0 aromatic rings. The largest absolute Gasteiger partial charge is 0.359 e. The van der Waals surface area contributed by atoms with Gasteiger partial charge in [0.15, 0.2) is 5.79 Å². The lowest BCUT2D eigenvalue weighted by Crippen LogP contribution is -2.29. The molecule has 0 amide bonds. The normalized spacial score (nSPS) is 27.6. The minimum absolute atomic E-state index is 0.0563. The number of alkyl halides is 1. The Bertz CT molecular complexity index is 344. The van der Waals surface area contributed by atoms with Crippen LogP contribution in [0, 0.1) is 11.8 Å². The average Bonchev–Trinajstić information content (AvgIpc) is 2.73. The maximum absolute atomic E-state index is 6.11. The zero-order valence-electron chi connectivity index (χ0n) is 14.7. The van der Waals surface area contributed by atoms with E-state index in [0.29, 0.717) is 12.7 Å². The fourth-order valence-electron chi connectivity index (χ4n) is 2.65. The van der Waals surface area contributed by atoms with Gasteiger partial charge < -0.3 is 18.9 Å². The molecular formula is C17H31IO4. The third kappa shape index (κ3) is 6.43. The molecule has 0 N–H and O–H groups in total. The molecule has 0 saturated carbocycles. The van der Waals surface area contributed by atoms with Crippen molar-refractivity contribution in [2.45, 2.75) is 65.1 Å². The summed E-state index contributed by atoms with van der Waals surface area (Å²) in [6, 6.07) is 0. The summed E-state index contributed by atoms with van der Waals surface area (Å²) >= 11 is 2.39. The van der Waals surface area contributed by atoms with Crippen LogP contribution in [0.5, 0.6) is 0 Å². The van der Waals surface area contributed by atoms with E-state index in [2.05, 4.69) is 55.5 Å². The van der Waals surface area contributed by atoms with Crippen molar-refractivity contribution in [1.29, 1.82) is 0 Å². The van der Waals surface area contributed by atoms with E-state index in [1.54, 1.807) is 7.11 Å². The predicted molar refractivity (Wildman–Crippen MR) is 97.2 cm³/mol. The van der Waals surface area contributed by atoms with Gasteiger partial charge in [-0.25, -0.2) is 0 Å². The summed E-state index contributed by atoms with van der Waals surface area (Å²) in [7, 11) is 1.64. The first-order valence-corrected chi connectivity index (χ1v) is 9.53. The summed E-state index contributed by atoms with van der Waals surface area (Å²) in [5, 5.41) is 0. The first-order valence-electron chi connectivity index (χ1n) is 8.01. The Morgan fingerprint density at radius 3 is 2.41 bits per heavy atom. The van der Waals surface area contributed by atoms with E-state index in [1.807, 2.05) is 13.8 Å². The Morgan fingerprint density at radius 1 is 1.18 bits per heavy atom. The van der Waals surface area contributed by atoms with Crippen LogP contribution in [0.3, 0.4) is 0 Å². The van der Waals surface area contributed by atoms with E-state index >= 15 is 0 Å². The second-order valence-electron chi connectivity index (χ2n) is 6.64. The Balaban J connectivity index is 2.68. The smallest absolute Gasteiger partial charge is 0.163 e. The summed E-state index contributed by atoms with van der Waals surface area (Å²) < 4.78 is 23.9. The van der Waals surface area contributed by atoms with Gasteiger partial charge >= 0.3 is 0 Å². The van der Waals surface area contributed by atoms with E-state index < -0.39 is 5.79 Å². The molecule has 1 unspecified atom stereocenters. The summed E-state index contributed by atoms with van der Waals surface area (Å²) in [5.41, 5.74) is 0. The highest BCUT2D eigenvalue weighted by Gasteiger charge is 2.42. The lowest BCUT2D eigenvalue weighted by Gasteiger charge is -2.22. The van der Waals surface area contributed by atoms with Crippen LogP contribution in [-0.2, 0) is 18.9 Å². The molecule has 0 aromatic carbocycles. The zero-order chi connectivity index (χ0) is 16.8. The molecule has 4 atom stereocenters. The summed E-state index contributed by atoms with van der Waals surface area (Å²) in [6.07, 6.45) is 5.64. The first kappa shape index (κ1) is 20.4. The maximum Gasteiger partial charge on any atom is 0.163 e. The second kappa shape index (κ2) is 9.57. The number of rotatable bonds is 9. The van der Waals surface area contributed by atoms with Crippen LogP contribution >= 0.6 is 22.6 Å². The van der Waals surface area contributed by atoms with Crippen LogP contribution in [-0.4, -0.2) is 42.4 Å². The van der Waals surface area contributed by atoms with Gasteiger partial charge in [0, 0.05) is 17.5 Å². The molecule has 1 fully saturated rings. The van der Waals surface area contributed by atoms with Gasteiger partial charge in [0.05, 0.1) is 18.3 Å². The Labute approximate surface area is 149 Å². The summed E-state index contributed by atoms with van der Waals surface area (Å²) in [6.45, 7) is 10.8. The highest BCUT2D eigenvalue weighted by Crippen LogP contribution is 2.34. The standard InChI is InChI=1S/C17H31IO4/c1-12(2)14(20-11-19-6)8-7-13(3)16-15(9-10-18)21-17(4,5)22-16/h7-8,12-16H,9-11H2,1-6H3/b8-7-/t13?,14-,15+,16-/m1/s1. The van der Waals surface area contributed by atoms with Crippen LogP contribution in [0.4, 0.5) is 0 Å². The molecule has 0 aliphatic carbocycles. The van der Waals surface area contributed by atoms with Crippen LogP contribution < -0.4 is 0 Å². The van der Waals surface area contributed by atoms with E-state index in [4.69, 9.17) is 18.9 Å². The van der Waals surface area contributed by atoms with Gasteiger partial charge in [0.2, 0.25) is 0 Å². The van der Waals surface area contributed by atoms with Crippen molar-refractivity contribution >= 4 is 22.6 Å². The second-order valence-corrected chi connectivity index (χ2v) is 7.72. The Morgan fingerprint density at radius 2 is 1.86 bits per heavy atom. The van der Waals surface area contributed by atoms with Crippen molar-refractivity contribution in [2.24, 2.45) is 11.8 Å². The van der Waals surface area contributed by atoms with Gasteiger partial charge in [0.25, 0.3) is 0 Å². The predicted octanol–water partition coefficient (Wildman–Crippen LogP) is 4.17. The highest BCUT2D eigenvalue weighted by molar-refractivity contribution is 14.1. The molecule has 1 rings (SSSR count). The Hall–Kier alpha value is 0.310. The molecule has 1 saturated heterocycles. The minimum atomic E-state index is -0.493. The molecule has 1 heterocycles. The van der Waals surface area contributed by atoms with Crippen LogP contribution in [0.25, 0.3) is 0 Å². The van der Waals surface area contributed by atoms with E-state index in [0.717, 1.165) is 10.8 Å². The Kier molecular flexibility index (Phi) is 8.85. The van der Waals surface area contributed by atoms with Crippen molar-refractivity contribution in [3.05, 3.63) is 12.2 Å². The monoisotopic (exact) mass is 426 g/mol. The van der Waals surface area contributed by atoms with Crippen molar-refractivity contribution in [3.8, 4) is 0 Å². The molecule has 1 aliphatic rings. The van der Waals surface area contributed by atoms with Gasteiger partial charge in [0.1, 0.15) is 6.79 Å². The lowest BCUT2D eigenvalue weighted by atomic mass is 9.96. The minimum Gasteiger partial charge on any atom is -0.359 e. The quantitative estimate of drug-likeness (QED) is 0.240. The highest BCUT2D eigenvalue weighted by atomic mass is 127. The topological polar surface area (TPSA) is 36.9 Å². The van der Waals surface area contributed by atoms with Gasteiger partial charge in [-0.15, -0.1) is 0 Å². The maximum atomic E-state index is 6.11. The van der Waals surface area contributed by atoms with Gasteiger partial charge in [-0.05, 0) is 26.2 Å². The van der Waals surface area contributed by atoms with Crippen molar-refractivity contribution < 1.29 is 18.9 Å². The van der Waals surface area contributed by atoms with Gasteiger partial charge in [-0.1, -0.05) is 55.5 Å². The van der Waals surface area contributed by atoms with Crippen molar-refractivity contribution in [1.82, 2.24) is 0 Å². The number of methoxy groups -OCH3 is 1. The molecular weight excluding hydrogens is 395 g/mol. The molecule has 130 valence electrons. The first-order chi connectivity index (χ1) is 10.3. The molecule has 0 aromatic heterocycles. The molecule has 0 radical (unpaired) electrons. The van der Waals surface area contributed by atoms with E-state index in [-0.39, 0.29) is 24.2 Å². The number of hydrogen-bond donors (Lipinski definition) is 0. The van der Waals surface area contributed by atoms with Crippen LogP contribution in [0.1, 0.15) is 41.0 Å². The fraction of sp³-hybridized carbons (Fsp3) is 0.882. The molecule has 0 bridgehead atoms. The molecule has 1 aliphatic heterocycles. The average molecular weight is 426 g/mol. The molecule has 4 nitrogen and oxygen atoms in total. The molecule has 22 heavy (non-hydrogen) atoms. The van der Waals surface area contributed by atoms with E-state index in [1.165, 1.54) is 0 Å². The third-order valence-electron chi connectivity index (χ3n) is 3.77. The SMILES string of the molecule is COCO[C@H](/C=C\C(C)[C@H]1OC(C)(C)O[C@H]1CCI)C(C)C. The van der Waals surface area contributed by atoms with Gasteiger partial charge in [-0.3, -0.25) is 0 Å². The number of hydrogen-bond acceptors (Lipinski definition) is 4. The van der Waals surface area contributed by atoms with E-state index in [9.17, 15) is 0 Å². The van der Waals surface area contributed by atoms with Crippen molar-refractivity contribution in [3.63, 3.8) is 0 Å².